The van der Waals surface area contributed by atoms with Gasteiger partial charge in [0.1, 0.15) is 17.5 Å². The fraction of sp³-hybridized carbons (Fsp3) is 0.100. The molecule has 0 spiro atoms. The van der Waals surface area contributed by atoms with E-state index < -0.39 is 0 Å². The molecule has 0 saturated heterocycles. The molecule has 24 heavy (non-hydrogen) atoms. The smallest absolute Gasteiger partial charge is 0.140 e. The molecule has 0 bridgehead atoms. The second-order valence-corrected chi connectivity index (χ2v) is 5.86. The first-order valence-electron chi connectivity index (χ1n) is 7.96. The van der Waals surface area contributed by atoms with Crippen LogP contribution in [0.1, 0.15) is 11.4 Å². The quantitative estimate of drug-likeness (QED) is 0.591. The number of fused-ring (bicyclic) bond motifs is 1. The first-order chi connectivity index (χ1) is 11.7. The average molecular weight is 314 g/mol. The van der Waals surface area contributed by atoms with Gasteiger partial charge in [-0.1, -0.05) is 35.9 Å². The van der Waals surface area contributed by atoms with Crippen LogP contribution >= 0.6 is 0 Å². The first kappa shape index (κ1) is 14.5. The SMILES string of the molecule is Cc1ccc(Nc2cccc(-n3c(C)nc4ccccc43)n2)cc1. The second kappa shape index (κ2) is 5.81. The minimum absolute atomic E-state index is 0.813. The zero-order valence-electron chi connectivity index (χ0n) is 13.7. The Hall–Kier alpha value is -3.14. The van der Waals surface area contributed by atoms with Crippen LogP contribution < -0.4 is 5.32 Å². The molecule has 0 aliphatic heterocycles. The van der Waals surface area contributed by atoms with E-state index in [1.54, 1.807) is 0 Å². The molecule has 4 nitrogen and oxygen atoms in total. The Morgan fingerprint density at radius 3 is 2.42 bits per heavy atom. The number of aryl methyl sites for hydroxylation is 2. The largest absolute Gasteiger partial charge is 0.340 e. The van der Waals surface area contributed by atoms with Gasteiger partial charge >= 0.3 is 0 Å². The van der Waals surface area contributed by atoms with Gasteiger partial charge in [0.05, 0.1) is 11.0 Å². The van der Waals surface area contributed by atoms with E-state index in [9.17, 15) is 0 Å². The molecule has 4 aromatic rings. The molecular formula is C20H18N4. The predicted molar refractivity (Wildman–Crippen MR) is 98.1 cm³/mol. The second-order valence-electron chi connectivity index (χ2n) is 5.86. The summed E-state index contributed by atoms with van der Waals surface area (Å²) in [5, 5.41) is 3.36. The van der Waals surface area contributed by atoms with Gasteiger partial charge in [-0.2, -0.15) is 0 Å². The van der Waals surface area contributed by atoms with Crippen LogP contribution in [-0.4, -0.2) is 14.5 Å². The Bertz CT molecular complexity index is 1000. The molecule has 118 valence electrons. The van der Waals surface area contributed by atoms with Crippen molar-refractivity contribution in [2.75, 3.05) is 5.32 Å². The molecule has 2 aromatic heterocycles. The van der Waals surface area contributed by atoms with E-state index in [2.05, 4.69) is 52.1 Å². The molecule has 0 radical (unpaired) electrons. The van der Waals surface area contributed by atoms with E-state index in [1.165, 1.54) is 5.56 Å². The lowest BCUT2D eigenvalue weighted by Gasteiger charge is -2.10. The summed E-state index contributed by atoms with van der Waals surface area (Å²) in [5.41, 5.74) is 4.31. The number of para-hydroxylation sites is 2. The zero-order chi connectivity index (χ0) is 16.5. The van der Waals surface area contributed by atoms with E-state index in [4.69, 9.17) is 4.98 Å². The number of benzene rings is 2. The number of rotatable bonds is 3. The summed E-state index contributed by atoms with van der Waals surface area (Å²) >= 11 is 0. The van der Waals surface area contributed by atoms with Gasteiger partial charge in [-0.3, -0.25) is 4.57 Å². The van der Waals surface area contributed by atoms with Crippen LogP contribution in [0.4, 0.5) is 11.5 Å². The zero-order valence-corrected chi connectivity index (χ0v) is 13.7. The average Bonchev–Trinajstić information content (AvgIpc) is 2.93. The molecule has 0 fully saturated rings. The van der Waals surface area contributed by atoms with Crippen LogP contribution in [0.25, 0.3) is 16.9 Å². The van der Waals surface area contributed by atoms with Gasteiger partial charge in [-0.15, -0.1) is 0 Å². The number of nitrogens with zero attached hydrogens (tertiary/aromatic N) is 3. The minimum atomic E-state index is 0.813. The maximum absolute atomic E-state index is 4.76. The summed E-state index contributed by atoms with van der Waals surface area (Å²) < 4.78 is 2.08. The number of imidazole rings is 1. The summed E-state index contributed by atoms with van der Waals surface area (Å²) in [6.07, 6.45) is 0. The van der Waals surface area contributed by atoms with Crippen LogP contribution in [-0.2, 0) is 0 Å². The topological polar surface area (TPSA) is 42.7 Å². The highest BCUT2D eigenvalue weighted by molar-refractivity contribution is 5.78. The number of aromatic nitrogens is 3. The number of nitrogens with one attached hydrogen (secondary N) is 1. The van der Waals surface area contributed by atoms with Crippen molar-refractivity contribution in [3.8, 4) is 5.82 Å². The van der Waals surface area contributed by atoms with Crippen molar-refractivity contribution >= 4 is 22.5 Å². The third kappa shape index (κ3) is 2.63. The van der Waals surface area contributed by atoms with Crippen LogP contribution in [0.3, 0.4) is 0 Å². The Morgan fingerprint density at radius 1 is 0.792 bits per heavy atom. The van der Waals surface area contributed by atoms with Gasteiger partial charge in [0.25, 0.3) is 0 Å². The number of pyridine rings is 1. The van der Waals surface area contributed by atoms with Crippen molar-refractivity contribution < 1.29 is 0 Å². The van der Waals surface area contributed by atoms with Crippen LogP contribution in [0.5, 0.6) is 0 Å². The molecule has 0 aliphatic rings. The highest BCUT2D eigenvalue weighted by Crippen LogP contribution is 2.22. The van der Waals surface area contributed by atoms with Gasteiger partial charge in [-0.25, -0.2) is 9.97 Å². The molecule has 0 unspecified atom stereocenters. The Kier molecular flexibility index (Phi) is 3.50. The lowest BCUT2D eigenvalue weighted by Crippen LogP contribution is -2.02. The molecule has 0 amide bonds. The fourth-order valence-electron chi connectivity index (χ4n) is 2.84. The highest BCUT2D eigenvalue weighted by Gasteiger charge is 2.10. The molecule has 1 N–H and O–H groups in total. The minimum Gasteiger partial charge on any atom is -0.340 e. The predicted octanol–water partition coefficient (Wildman–Crippen LogP) is 4.78. The molecule has 0 atom stereocenters. The number of hydrogen-bond donors (Lipinski definition) is 1. The third-order valence-electron chi connectivity index (χ3n) is 4.02. The fourth-order valence-corrected chi connectivity index (χ4v) is 2.84. The van der Waals surface area contributed by atoms with Crippen molar-refractivity contribution in [1.29, 1.82) is 0 Å². The molecule has 4 rings (SSSR count). The Labute approximate surface area is 140 Å². The van der Waals surface area contributed by atoms with Crippen molar-refractivity contribution in [3.63, 3.8) is 0 Å². The molecule has 2 heterocycles. The third-order valence-corrected chi connectivity index (χ3v) is 4.02. The molecule has 0 saturated carbocycles. The van der Waals surface area contributed by atoms with Gasteiger partial charge in [0, 0.05) is 5.69 Å². The van der Waals surface area contributed by atoms with Crippen molar-refractivity contribution in [2.24, 2.45) is 0 Å². The van der Waals surface area contributed by atoms with E-state index in [1.807, 2.05) is 43.3 Å². The summed E-state index contributed by atoms with van der Waals surface area (Å²) in [6, 6.07) is 22.4. The number of anilines is 2. The first-order valence-corrected chi connectivity index (χ1v) is 7.96. The van der Waals surface area contributed by atoms with E-state index in [-0.39, 0.29) is 0 Å². The maximum atomic E-state index is 4.76. The van der Waals surface area contributed by atoms with Crippen molar-refractivity contribution in [1.82, 2.24) is 14.5 Å². The number of hydrogen-bond acceptors (Lipinski definition) is 3. The van der Waals surface area contributed by atoms with Crippen molar-refractivity contribution in [3.05, 3.63) is 78.1 Å². The van der Waals surface area contributed by atoms with Gasteiger partial charge in [0.2, 0.25) is 0 Å². The van der Waals surface area contributed by atoms with Crippen LogP contribution in [0.2, 0.25) is 0 Å². The lowest BCUT2D eigenvalue weighted by atomic mass is 10.2. The van der Waals surface area contributed by atoms with E-state index >= 15 is 0 Å². The Balaban J connectivity index is 1.74. The normalized spacial score (nSPS) is 10.9. The molecule has 2 aromatic carbocycles. The molecule has 4 heteroatoms. The summed E-state index contributed by atoms with van der Waals surface area (Å²) in [7, 11) is 0. The van der Waals surface area contributed by atoms with Gasteiger partial charge < -0.3 is 5.32 Å². The van der Waals surface area contributed by atoms with Crippen molar-refractivity contribution in [2.45, 2.75) is 13.8 Å². The van der Waals surface area contributed by atoms with Gasteiger partial charge in [0.15, 0.2) is 0 Å². The summed E-state index contributed by atoms with van der Waals surface area (Å²) in [5.74, 6) is 2.60. The van der Waals surface area contributed by atoms with Crippen LogP contribution in [0, 0.1) is 13.8 Å². The summed E-state index contributed by atoms with van der Waals surface area (Å²) in [4.78, 5) is 9.37. The highest BCUT2D eigenvalue weighted by atomic mass is 15.2. The maximum Gasteiger partial charge on any atom is 0.140 e. The van der Waals surface area contributed by atoms with Crippen LogP contribution in [0.15, 0.2) is 66.7 Å². The van der Waals surface area contributed by atoms with Gasteiger partial charge in [-0.05, 0) is 50.2 Å². The molecule has 0 aliphatic carbocycles. The van der Waals surface area contributed by atoms with E-state index in [0.29, 0.717) is 0 Å². The standard InChI is InChI=1S/C20H18N4/c1-14-10-12-16(13-11-14)22-19-8-5-9-20(23-19)24-15(2)21-17-6-3-4-7-18(17)24/h3-13H,1-2H3,(H,22,23). The lowest BCUT2D eigenvalue weighted by molar-refractivity contribution is 0.959. The monoisotopic (exact) mass is 314 g/mol. The molecular weight excluding hydrogens is 296 g/mol. The van der Waals surface area contributed by atoms with E-state index in [0.717, 1.165) is 34.2 Å². The Morgan fingerprint density at radius 2 is 1.58 bits per heavy atom. The summed E-state index contributed by atoms with van der Waals surface area (Å²) in [6.45, 7) is 4.08.